The van der Waals surface area contributed by atoms with E-state index in [1.54, 1.807) is 6.92 Å². The Morgan fingerprint density at radius 1 is 1.62 bits per heavy atom. The third-order valence-electron chi connectivity index (χ3n) is 0.785. The Kier molecular flexibility index (Phi) is 0.787. The highest BCUT2D eigenvalue weighted by atomic mass is 35.5. The largest absolute Gasteiger partial charge is 0.0843 e. The smallest absolute Gasteiger partial charge is 0.0641 e. The molecule has 0 heterocycles. The van der Waals surface area contributed by atoms with Gasteiger partial charge in [0.05, 0.1) is 4.11 Å². The van der Waals surface area contributed by atoms with Gasteiger partial charge in [-0.05, 0) is 24.6 Å². The molecule has 1 aromatic rings. The number of hydrogen-bond acceptors (Lipinski definition) is 0. The molecule has 0 nitrogen and oxygen atoms in total. The van der Waals surface area contributed by atoms with Crippen LogP contribution < -0.4 is 0 Å². The van der Waals surface area contributed by atoms with E-state index in [0.717, 1.165) is 0 Å². The zero-order valence-electron chi connectivity index (χ0n) is 7.46. The minimum atomic E-state index is 0.0484. The summed E-state index contributed by atoms with van der Waals surface area (Å²) in [6.07, 6.45) is 0. The van der Waals surface area contributed by atoms with Crippen LogP contribution in [-0.4, -0.2) is 0 Å². The number of rotatable bonds is 0. The van der Waals surface area contributed by atoms with Crippen LogP contribution in [0.5, 0.6) is 0 Å². The first kappa shape index (κ1) is 2.88. The van der Waals surface area contributed by atoms with E-state index >= 15 is 0 Å². The van der Waals surface area contributed by atoms with Crippen LogP contribution >= 0.6 is 11.6 Å². The van der Waals surface area contributed by atoms with E-state index in [2.05, 4.69) is 0 Å². The van der Waals surface area contributed by atoms with Crippen LogP contribution in [0.1, 0.15) is 9.68 Å². The topological polar surface area (TPSA) is 0 Å². The molecule has 0 saturated carbocycles. The van der Waals surface area contributed by atoms with E-state index in [9.17, 15) is 0 Å². The maximum absolute atomic E-state index is 7.35. The average molecular weight is 130 g/mol. The lowest BCUT2D eigenvalue weighted by molar-refractivity contribution is 1.47. The van der Waals surface area contributed by atoms with E-state index < -0.39 is 0 Å². The van der Waals surface area contributed by atoms with Gasteiger partial charge >= 0.3 is 0 Å². The summed E-state index contributed by atoms with van der Waals surface area (Å²) in [5.41, 5.74) is 0.519. The van der Waals surface area contributed by atoms with Gasteiger partial charge in [-0.2, -0.15) is 0 Å². The van der Waals surface area contributed by atoms with Crippen LogP contribution in [0.3, 0.4) is 0 Å². The van der Waals surface area contributed by atoms with Crippen LogP contribution in [0.15, 0.2) is 24.2 Å². The molecule has 0 aliphatic heterocycles. The Hall–Kier alpha value is -0.490. The van der Waals surface area contributed by atoms with Gasteiger partial charge in [0.2, 0.25) is 0 Å². The zero-order valence-corrected chi connectivity index (χ0v) is 5.21. The summed E-state index contributed by atoms with van der Waals surface area (Å²) in [7, 11) is 0. The molecule has 0 N–H and O–H groups in total. The van der Waals surface area contributed by atoms with Crippen molar-refractivity contribution >= 4 is 11.6 Å². The van der Waals surface area contributed by atoms with Gasteiger partial charge in [-0.25, -0.2) is 0 Å². The van der Waals surface area contributed by atoms with Gasteiger partial charge in [-0.3, -0.25) is 0 Å². The summed E-state index contributed by atoms with van der Waals surface area (Å²) in [5.74, 6) is 0. The molecule has 0 fully saturated rings. The Labute approximate surface area is 58.3 Å². The molecule has 0 bridgehead atoms. The van der Waals surface area contributed by atoms with Crippen LogP contribution in [0.4, 0.5) is 0 Å². The lowest BCUT2D eigenvalue weighted by Gasteiger charge is -1.88. The van der Waals surface area contributed by atoms with E-state index in [4.69, 9.17) is 15.7 Å². The van der Waals surface area contributed by atoms with Gasteiger partial charge < -0.3 is 0 Å². The minimum Gasteiger partial charge on any atom is -0.0843 e. The fraction of sp³-hybridized carbons (Fsp3) is 0.143. The normalized spacial score (nSPS) is 14.5. The molecular formula is C7H7Cl. The fourth-order valence-electron chi connectivity index (χ4n) is 0.444. The van der Waals surface area contributed by atoms with Crippen molar-refractivity contribution in [3.63, 3.8) is 0 Å². The van der Waals surface area contributed by atoms with Gasteiger partial charge in [0.15, 0.2) is 0 Å². The summed E-state index contributed by atoms with van der Waals surface area (Å²) in [6.45, 7) is 1.65. The molecule has 42 valence electrons. The van der Waals surface area contributed by atoms with Crippen LogP contribution in [-0.2, 0) is 0 Å². The molecule has 0 aliphatic rings. The van der Waals surface area contributed by atoms with E-state index in [1.165, 1.54) is 6.07 Å². The van der Waals surface area contributed by atoms with Crippen molar-refractivity contribution in [3.05, 3.63) is 34.8 Å². The van der Waals surface area contributed by atoms with Crippen molar-refractivity contribution in [1.82, 2.24) is 0 Å². The number of halogens is 1. The highest BCUT2D eigenvalue weighted by Crippen LogP contribution is 2.08. The van der Waals surface area contributed by atoms with Crippen molar-refractivity contribution in [3.8, 4) is 0 Å². The van der Waals surface area contributed by atoms with E-state index in [1.807, 2.05) is 0 Å². The van der Waals surface area contributed by atoms with Gasteiger partial charge in [-0.1, -0.05) is 23.7 Å². The molecular weight excluding hydrogens is 120 g/mol. The summed E-state index contributed by atoms with van der Waals surface area (Å²) < 4.78 is 21.9. The minimum absolute atomic E-state index is 0.0484. The van der Waals surface area contributed by atoms with Gasteiger partial charge in [0, 0.05) is 5.02 Å². The van der Waals surface area contributed by atoms with Gasteiger partial charge in [0.1, 0.15) is 0 Å². The number of benzene rings is 1. The highest BCUT2D eigenvalue weighted by Gasteiger charge is 1.82. The Balaban J connectivity index is 3.46. The third-order valence-corrected chi connectivity index (χ3v) is 0.988. The predicted molar refractivity (Wildman–Crippen MR) is 36.2 cm³/mol. The molecule has 0 aromatic heterocycles. The molecule has 0 radical (unpaired) electrons. The maximum Gasteiger partial charge on any atom is 0.0641 e. The first-order valence-electron chi connectivity index (χ1n) is 3.77. The molecule has 0 aliphatic carbocycles. The molecule has 8 heavy (non-hydrogen) atoms. The van der Waals surface area contributed by atoms with Gasteiger partial charge in [0.25, 0.3) is 0 Å². The molecule has 0 unspecified atom stereocenters. The molecule has 0 spiro atoms. The Morgan fingerprint density at radius 3 is 3.12 bits per heavy atom. The van der Waals surface area contributed by atoms with Crippen LogP contribution in [0.25, 0.3) is 0 Å². The highest BCUT2D eigenvalue weighted by molar-refractivity contribution is 6.30. The first-order chi connectivity index (χ1) is 5.04. The second-order valence-corrected chi connectivity index (χ2v) is 1.87. The first-order valence-corrected chi connectivity index (χ1v) is 2.64. The summed E-state index contributed by atoms with van der Waals surface area (Å²) in [4.78, 5) is 0. The molecule has 1 rings (SSSR count). The van der Waals surface area contributed by atoms with Crippen molar-refractivity contribution in [2.75, 3.05) is 0 Å². The maximum atomic E-state index is 7.35. The standard InChI is InChI=1S/C7H7Cl/c1-6-3-2-4-7(8)5-6/h2-5H,1H3/i3D,4D,5D. The van der Waals surface area contributed by atoms with Crippen molar-refractivity contribution in [2.24, 2.45) is 0 Å². The molecule has 1 heteroatoms. The monoisotopic (exact) mass is 129 g/mol. The van der Waals surface area contributed by atoms with E-state index in [0.29, 0.717) is 5.56 Å². The number of hydrogen-bond donors (Lipinski definition) is 0. The molecule has 0 atom stereocenters. The summed E-state index contributed by atoms with van der Waals surface area (Å²) >= 11 is 5.60. The van der Waals surface area contributed by atoms with Crippen molar-refractivity contribution in [1.29, 1.82) is 0 Å². The van der Waals surface area contributed by atoms with Gasteiger partial charge in [-0.15, -0.1) is 0 Å². The lowest BCUT2D eigenvalue weighted by atomic mass is 10.2. The van der Waals surface area contributed by atoms with Crippen LogP contribution in [0.2, 0.25) is 5.02 Å². The van der Waals surface area contributed by atoms with Crippen molar-refractivity contribution < 1.29 is 4.11 Å². The average Bonchev–Trinajstić information content (AvgIpc) is 1.97. The SMILES string of the molecule is [2H]c1cc([2H])c(Cl)c([2H])c1C. The Bertz CT molecular complexity index is 270. The second-order valence-electron chi connectivity index (χ2n) is 1.50. The quantitative estimate of drug-likeness (QED) is 0.505. The summed E-state index contributed by atoms with van der Waals surface area (Å²) in [5, 5.41) is 0.124. The van der Waals surface area contributed by atoms with Crippen LogP contribution in [0, 0.1) is 6.92 Å². The Morgan fingerprint density at radius 2 is 2.38 bits per heavy atom. The molecule has 1 aromatic carbocycles. The predicted octanol–water partition coefficient (Wildman–Crippen LogP) is 2.65. The molecule has 0 amide bonds. The summed E-state index contributed by atoms with van der Waals surface area (Å²) in [6, 6.07) is 1.68. The fourth-order valence-corrected chi connectivity index (χ4v) is 0.641. The second kappa shape index (κ2) is 2.19. The zero-order chi connectivity index (χ0) is 8.59. The molecule has 0 saturated heterocycles. The van der Waals surface area contributed by atoms with Crippen molar-refractivity contribution in [2.45, 2.75) is 6.92 Å². The van der Waals surface area contributed by atoms with E-state index in [-0.39, 0.29) is 23.1 Å². The third kappa shape index (κ3) is 1.24. The lowest BCUT2D eigenvalue weighted by Crippen LogP contribution is -1.66.